The van der Waals surface area contributed by atoms with E-state index >= 15 is 0 Å². The van der Waals surface area contributed by atoms with Crippen LogP contribution in [0, 0.1) is 0 Å². The fraction of sp³-hybridized carbons (Fsp3) is 0.625. The van der Waals surface area contributed by atoms with Crippen LogP contribution >= 0.6 is 0 Å². The van der Waals surface area contributed by atoms with Gasteiger partial charge in [-0.1, -0.05) is 37.6 Å². The monoisotopic (exact) mass is 276 g/mol. The van der Waals surface area contributed by atoms with Crippen molar-refractivity contribution in [3.05, 3.63) is 35.4 Å². The molecule has 1 saturated heterocycles. The molecule has 0 aromatic heterocycles. The first-order valence-corrected chi connectivity index (χ1v) is 7.59. The molecule has 1 aromatic carbocycles. The van der Waals surface area contributed by atoms with Crippen molar-refractivity contribution in [2.24, 2.45) is 5.84 Å². The molecule has 2 rings (SSSR count). The van der Waals surface area contributed by atoms with Gasteiger partial charge < -0.3 is 4.90 Å². The van der Waals surface area contributed by atoms with Crippen molar-refractivity contribution in [3.63, 3.8) is 0 Å². The zero-order valence-electron chi connectivity index (χ0n) is 13.0. The first kappa shape index (κ1) is 15.4. The van der Waals surface area contributed by atoms with E-state index in [4.69, 9.17) is 5.84 Å². The lowest BCUT2D eigenvalue weighted by Crippen LogP contribution is -2.56. The summed E-state index contributed by atoms with van der Waals surface area (Å²) in [6.45, 7) is 5.47. The third-order valence-corrected chi connectivity index (χ3v) is 4.34. The molecule has 0 aliphatic carbocycles. The standard InChI is InChI=1S/C16H28N4/c1-4-5-13-6-8-14(9-7-13)16(18-17)15-12-19(2)10-11-20(15)3/h6-9,15-16,18H,4-5,10-12,17H2,1-3H3. The molecule has 0 amide bonds. The number of hydrogen-bond acceptors (Lipinski definition) is 4. The minimum atomic E-state index is 0.179. The molecular weight excluding hydrogens is 248 g/mol. The van der Waals surface area contributed by atoms with E-state index in [0.29, 0.717) is 6.04 Å². The first-order chi connectivity index (χ1) is 9.65. The second-order valence-corrected chi connectivity index (χ2v) is 5.95. The fourth-order valence-corrected chi connectivity index (χ4v) is 3.01. The Kier molecular flexibility index (Phi) is 5.54. The molecule has 3 N–H and O–H groups in total. The summed E-state index contributed by atoms with van der Waals surface area (Å²) in [4.78, 5) is 4.78. The normalized spacial score (nSPS) is 22.9. The first-order valence-electron chi connectivity index (χ1n) is 7.59. The van der Waals surface area contributed by atoms with Crippen LogP contribution in [-0.4, -0.2) is 49.6 Å². The van der Waals surface area contributed by atoms with Crippen molar-refractivity contribution in [2.75, 3.05) is 33.7 Å². The van der Waals surface area contributed by atoms with Crippen molar-refractivity contribution >= 4 is 0 Å². The largest absolute Gasteiger partial charge is 0.303 e. The Balaban J connectivity index is 2.14. The molecule has 1 aromatic rings. The Hall–Kier alpha value is -0.940. The summed E-state index contributed by atoms with van der Waals surface area (Å²) in [5.74, 6) is 5.84. The van der Waals surface area contributed by atoms with Gasteiger partial charge in [-0.3, -0.25) is 16.2 Å². The van der Waals surface area contributed by atoms with Crippen molar-refractivity contribution < 1.29 is 0 Å². The minimum Gasteiger partial charge on any atom is -0.303 e. The number of rotatable bonds is 5. The maximum atomic E-state index is 5.84. The quantitative estimate of drug-likeness (QED) is 0.630. The minimum absolute atomic E-state index is 0.179. The summed E-state index contributed by atoms with van der Waals surface area (Å²) in [7, 11) is 4.37. The zero-order valence-corrected chi connectivity index (χ0v) is 13.0. The Morgan fingerprint density at radius 2 is 1.95 bits per heavy atom. The number of nitrogens with two attached hydrogens (primary N) is 1. The summed E-state index contributed by atoms with van der Waals surface area (Å²) >= 11 is 0. The maximum absolute atomic E-state index is 5.84. The van der Waals surface area contributed by atoms with Gasteiger partial charge in [-0.2, -0.15) is 0 Å². The van der Waals surface area contributed by atoms with Crippen LogP contribution in [-0.2, 0) is 6.42 Å². The number of nitrogens with one attached hydrogen (secondary N) is 1. The van der Waals surface area contributed by atoms with Gasteiger partial charge >= 0.3 is 0 Å². The molecule has 20 heavy (non-hydrogen) atoms. The van der Waals surface area contributed by atoms with Crippen LogP contribution in [0.2, 0.25) is 0 Å². The third-order valence-electron chi connectivity index (χ3n) is 4.34. The van der Waals surface area contributed by atoms with Crippen LogP contribution in [0.1, 0.15) is 30.5 Å². The van der Waals surface area contributed by atoms with E-state index in [9.17, 15) is 0 Å². The SMILES string of the molecule is CCCc1ccc(C(NN)C2CN(C)CCN2C)cc1. The molecule has 1 heterocycles. The van der Waals surface area contributed by atoms with Crippen LogP contribution in [0.25, 0.3) is 0 Å². The van der Waals surface area contributed by atoms with Gasteiger partial charge in [0.1, 0.15) is 0 Å². The summed E-state index contributed by atoms with van der Waals surface area (Å²) in [5.41, 5.74) is 5.70. The molecule has 2 atom stereocenters. The molecule has 0 saturated carbocycles. The highest BCUT2D eigenvalue weighted by Crippen LogP contribution is 2.23. The van der Waals surface area contributed by atoms with Crippen molar-refractivity contribution in [2.45, 2.75) is 31.8 Å². The molecule has 0 bridgehead atoms. The van der Waals surface area contributed by atoms with Crippen molar-refractivity contribution in [3.8, 4) is 0 Å². The number of benzene rings is 1. The average molecular weight is 276 g/mol. The van der Waals surface area contributed by atoms with E-state index in [0.717, 1.165) is 26.1 Å². The van der Waals surface area contributed by atoms with Gasteiger partial charge in [-0.05, 0) is 31.6 Å². The highest BCUT2D eigenvalue weighted by molar-refractivity contribution is 5.26. The number of hydrogen-bond donors (Lipinski definition) is 2. The van der Waals surface area contributed by atoms with Gasteiger partial charge in [0.15, 0.2) is 0 Å². The molecule has 0 spiro atoms. The van der Waals surface area contributed by atoms with Crippen molar-refractivity contribution in [1.29, 1.82) is 0 Å². The third kappa shape index (κ3) is 3.58. The summed E-state index contributed by atoms with van der Waals surface area (Å²) < 4.78 is 0. The number of likely N-dealkylation sites (N-methyl/N-ethyl adjacent to an activating group) is 2. The van der Waals surface area contributed by atoms with E-state index in [-0.39, 0.29) is 6.04 Å². The highest BCUT2D eigenvalue weighted by atomic mass is 15.3. The predicted octanol–water partition coefficient (Wildman–Crippen LogP) is 1.39. The fourth-order valence-electron chi connectivity index (χ4n) is 3.01. The smallest absolute Gasteiger partial charge is 0.0627 e. The molecule has 112 valence electrons. The molecule has 4 heteroatoms. The molecule has 0 radical (unpaired) electrons. The number of nitrogens with zero attached hydrogens (tertiary/aromatic N) is 2. The Labute approximate surface area is 122 Å². The molecule has 1 aliphatic rings. The Bertz CT molecular complexity index is 403. The second-order valence-electron chi connectivity index (χ2n) is 5.95. The van der Waals surface area contributed by atoms with Crippen LogP contribution < -0.4 is 11.3 Å². The lowest BCUT2D eigenvalue weighted by Gasteiger charge is -2.41. The van der Waals surface area contributed by atoms with E-state index < -0.39 is 0 Å². The van der Waals surface area contributed by atoms with Crippen LogP contribution in [0.5, 0.6) is 0 Å². The van der Waals surface area contributed by atoms with Gasteiger partial charge in [0.2, 0.25) is 0 Å². The Morgan fingerprint density at radius 1 is 1.25 bits per heavy atom. The lowest BCUT2D eigenvalue weighted by molar-refractivity contribution is 0.0876. The molecule has 1 fully saturated rings. The van der Waals surface area contributed by atoms with E-state index in [2.05, 4.69) is 60.5 Å². The molecule has 1 aliphatic heterocycles. The van der Waals surface area contributed by atoms with Crippen molar-refractivity contribution in [1.82, 2.24) is 15.2 Å². The van der Waals surface area contributed by atoms with Gasteiger partial charge in [0.05, 0.1) is 6.04 Å². The van der Waals surface area contributed by atoms with Gasteiger partial charge in [0.25, 0.3) is 0 Å². The van der Waals surface area contributed by atoms with E-state index in [1.165, 1.54) is 17.5 Å². The molecule has 2 unspecified atom stereocenters. The van der Waals surface area contributed by atoms with E-state index in [1.807, 2.05) is 0 Å². The second kappa shape index (κ2) is 7.18. The summed E-state index contributed by atoms with van der Waals surface area (Å²) in [6.07, 6.45) is 2.33. The molecule has 4 nitrogen and oxygen atoms in total. The zero-order chi connectivity index (χ0) is 14.5. The van der Waals surface area contributed by atoms with Crippen LogP contribution in [0.4, 0.5) is 0 Å². The lowest BCUT2D eigenvalue weighted by atomic mass is 9.95. The number of hydrazine groups is 1. The average Bonchev–Trinajstić information content (AvgIpc) is 2.45. The van der Waals surface area contributed by atoms with Gasteiger partial charge in [-0.15, -0.1) is 0 Å². The van der Waals surface area contributed by atoms with Gasteiger partial charge in [0, 0.05) is 25.7 Å². The summed E-state index contributed by atoms with van der Waals surface area (Å²) in [6, 6.07) is 9.50. The highest BCUT2D eigenvalue weighted by Gasteiger charge is 2.30. The number of aryl methyl sites for hydroxylation is 1. The topological polar surface area (TPSA) is 44.5 Å². The number of piperazine rings is 1. The summed E-state index contributed by atoms with van der Waals surface area (Å²) in [5, 5.41) is 0. The van der Waals surface area contributed by atoms with E-state index in [1.54, 1.807) is 0 Å². The van der Waals surface area contributed by atoms with Crippen LogP contribution in [0.15, 0.2) is 24.3 Å². The molecular formula is C16H28N4. The van der Waals surface area contributed by atoms with Gasteiger partial charge in [-0.25, -0.2) is 0 Å². The predicted molar refractivity (Wildman–Crippen MR) is 84.4 cm³/mol. The maximum Gasteiger partial charge on any atom is 0.0627 e. The van der Waals surface area contributed by atoms with Crippen LogP contribution in [0.3, 0.4) is 0 Å². The Morgan fingerprint density at radius 3 is 2.55 bits per heavy atom.